The van der Waals surface area contributed by atoms with E-state index in [0.29, 0.717) is 18.9 Å². The maximum Gasteiger partial charge on any atom is 0.244 e. The Kier molecular flexibility index (Phi) is 6.46. The molecule has 1 rings (SSSR count). The van der Waals surface area contributed by atoms with Crippen molar-refractivity contribution in [1.82, 2.24) is 5.32 Å². The molecule has 0 aromatic heterocycles. The van der Waals surface area contributed by atoms with Gasteiger partial charge in [-0.15, -0.1) is 0 Å². The van der Waals surface area contributed by atoms with Gasteiger partial charge in [-0.2, -0.15) is 0 Å². The van der Waals surface area contributed by atoms with Crippen LogP contribution in [0.2, 0.25) is 0 Å². The van der Waals surface area contributed by atoms with E-state index >= 15 is 0 Å². The van der Waals surface area contributed by atoms with Crippen molar-refractivity contribution < 1.29 is 9.90 Å². The van der Waals surface area contributed by atoms with Crippen molar-refractivity contribution in [2.75, 3.05) is 6.54 Å². The van der Waals surface area contributed by atoms with Gasteiger partial charge in [0.25, 0.3) is 0 Å². The molecule has 3 heteroatoms. The fourth-order valence-electron chi connectivity index (χ4n) is 2.08. The number of nitrogens with one attached hydrogen (secondary N) is 1. The number of amides is 1. The number of benzene rings is 1. The Labute approximate surface area is 121 Å². The van der Waals surface area contributed by atoms with Crippen molar-refractivity contribution in [2.45, 2.75) is 40.2 Å². The van der Waals surface area contributed by atoms with Crippen LogP contribution >= 0.6 is 0 Å². The number of carbonyl (C=O) groups excluding carboxylic acids is 1. The highest BCUT2D eigenvalue weighted by Gasteiger charge is 2.07. The molecule has 1 aromatic carbocycles. The second-order valence-corrected chi connectivity index (χ2v) is 5.72. The van der Waals surface area contributed by atoms with Gasteiger partial charge in [0, 0.05) is 12.6 Å². The van der Waals surface area contributed by atoms with Crippen LogP contribution in [0.5, 0.6) is 0 Å². The summed E-state index contributed by atoms with van der Waals surface area (Å²) >= 11 is 0. The first-order valence-electron chi connectivity index (χ1n) is 7.09. The van der Waals surface area contributed by atoms with Crippen molar-refractivity contribution in [1.29, 1.82) is 0 Å². The van der Waals surface area contributed by atoms with E-state index in [0.717, 1.165) is 11.1 Å². The minimum absolute atomic E-state index is 0.173. The van der Waals surface area contributed by atoms with Crippen molar-refractivity contribution >= 4 is 12.0 Å². The zero-order valence-electron chi connectivity index (χ0n) is 12.8. The smallest absolute Gasteiger partial charge is 0.244 e. The van der Waals surface area contributed by atoms with Crippen LogP contribution in [0.4, 0.5) is 0 Å². The first-order valence-corrected chi connectivity index (χ1v) is 7.09. The molecule has 1 amide bonds. The zero-order valence-corrected chi connectivity index (χ0v) is 12.8. The van der Waals surface area contributed by atoms with Crippen LogP contribution in [0.25, 0.3) is 6.08 Å². The van der Waals surface area contributed by atoms with Gasteiger partial charge in [0.15, 0.2) is 0 Å². The van der Waals surface area contributed by atoms with Crippen molar-refractivity contribution in [2.24, 2.45) is 5.92 Å². The average Bonchev–Trinajstić information content (AvgIpc) is 2.34. The zero-order chi connectivity index (χ0) is 15.1. The Bertz CT molecular complexity index is 478. The first-order chi connectivity index (χ1) is 9.38. The minimum atomic E-state index is -0.478. The lowest BCUT2D eigenvalue weighted by atomic mass is 10.1. The second-order valence-electron chi connectivity index (χ2n) is 5.72. The first kappa shape index (κ1) is 16.4. The highest BCUT2D eigenvalue weighted by molar-refractivity contribution is 5.91. The van der Waals surface area contributed by atoms with Gasteiger partial charge >= 0.3 is 0 Å². The number of hydrogen-bond donors (Lipinski definition) is 2. The van der Waals surface area contributed by atoms with Crippen LogP contribution in [-0.4, -0.2) is 23.7 Å². The van der Waals surface area contributed by atoms with Gasteiger partial charge in [-0.1, -0.05) is 37.6 Å². The van der Waals surface area contributed by atoms with Gasteiger partial charge in [-0.25, -0.2) is 0 Å². The Hall–Kier alpha value is -1.61. The molecule has 0 aliphatic heterocycles. The topological polar surface area (TPSA) is 49.3 Å². The third-order valence-corrected chi connectivity index (χ3v) is 3.09. The molecule has 1 atom stereocenters. The van der Waals surface area contributed by atoms with E-state index in [9.17, 15) is 9.90 Å². The highest BCUT2D eigenvalue weighted by atomic mass is 16.3. The quantitative estimate of drug-likeness (QED) is 0.784. The van der Waals surface area contributed by atoms with E-state index in [1.165, 1.54) is 11.6 Å². The number of aliphatic hydroxyl groups is 1. The SMILES string of the molecule is Cc1ccc(/C=C/C(=O)NCC(O)CC(C)C)c(C)c1. The third kappa shape index (κ3) is 6.02. The standard InChI is InChI=1S/C17H25NO2/c1-12(2)9-16(19)11-18-17(20)8-7-15-6-5-13(3)10-14(15)4/h5-8,10,12,16,19H,9,11H2,1-4H3,(H,18,20)/b8-7+. The second kappa shape index (κ2) is 7.85. The van der Waals surface area contributed by atoms with E-state index in [2.05, 4.69) is 11.4 Å². The van der Waals surface area contributed by atoms with Crippen LogP contribution in [0.1, 0.15) is 37.0 Å². The van der Waals surface area contributed by atoms with Crippen LogP contribution in [-0.2, 0) is 4.79 Å². The van der Waals surface area contributed by atoms with Gasteiger partial charge in [0.2, 0.25) is 5.91 Å². The van der Waals surface area contributed by atoms with Crippen molar-refractivity contribution in [3.63, 3.8) is 0 Å². The van der Waals surface area contributed by atoms with E-state index in [4.69, 9.17) is 0 Å². The number of carbonyl (C=O) groups is 1. The van der Waals surface area contributed by atoms with Crippen LogP contribution in [0.3, 0.4) is 0 Å². The van der Waals surface area contributed by atoms with Crippen LogP contribution in [0.15, 0.2) is 24.3 Å². The Morgan fingerprint density at radius 3 is 2.65 bits per heavy atom. The molecule has 20 heavy (non-hydrogen) atoms. The molecule has 0 bridgehead atoms. The summed E-state index contributed by atoms with van der Waals surface area (Å²) in [5.74, 6) is 0.250. The molecule has 0 saturated heterocycles. The molecule has 0 aliphatic rings. The maximum atomic E-state index is 11.7. The fraction of sp³-hybridized carbons (Fsp3) is 0.471. The van der Waals surface area contributed by atoms with Gasteiger partial charge in [-0.05, 0) is 43.4 Å². The van der Waals surface area contributed by atoms with Crippen molar-refractivity contribution in [3.8, 4) is 0 Å². The molecular formula is C17H25NO2. The monoisotopic (exact) mass is 275 g/mol. The summed E-state index contributed by atoms with van der Waals surface area (Å²) in [6.45, 7) is 8.46. The molecule has 0 saturated carbocycles. The lowest BCUT2D eigenvalue weighted by Crippen LogP contribution is -2.31. The summed E-state index contributed by atoms with van der Waals surface area (Å²) < 4.78 is 0. The molecule has 0 radical (unpaired) electrons. The largest absolute Gasteiger partial charge is 0.391 e. The predicted molar refractivity (Wildman–Crippen MR) is 83.4 cm³/mol. The summed E-state index contributed by atoms with van der Waals surface area (Å²) in [6.07, 6.45) is 3.54. The van der Waals surface area contributed by atoms with E-state index < -0.39 is 6.10 Å². The molecule has 0 spiro atoms. The highest BCUT2D eigenvalue weighted by Crippen LogP contribution is 2.12. The Morgan fingerprint density at radius 2 is 2.05 bits per heavy atom. The molecule has 2 N–H and O–H groups in total. The lowest BCUT2D eigenvalue weighted by molar-refractivity contribution is -0.116. The summed E-state index contributed by atoms with van der Waals surface area (Å²) in [5.41, 5.74) is 3.39. The summed E-state index contributed by atoms with van der Waals surface area (Å²) in [6, 6.07) is 6.11. The molecule has 0 fully saturated rings. The fourth-order valence-corrected chi connectivity index (χ4v) is 2.08. The Morgan fingerprint density at radius 1 is 1.35 bits per heavy atom. The predicted octanol–water partition coefficient (Wildman–Crippen LogP) is 2.84. The molecular weight excluding hydrogens is 250 g/mol. The summed E-state index contributed by atoms with van der Waals surface area (Å²) in [5, 5.41) is 12.4. The maximum absolute atomic E-state index is 11.7. The summed E-state index contributed by atoms with van der Waals surface area (Å²) in [4.78, 5) is 11.7. The molecule has 1 unspecified atom stereocenters. The van der Waals surface area contributed by atoms with Gasteiger partial charge < -0.3 is 10.4 Å². The lowest BCUT2D eigenvalue weighted by Gasteiger charge is -2.12. The normalized spacial score (nSPS) is 12.9. The number of aryl methyl sites for hydroxylation is 2. The number of hydrogen-bond acceptors (Lipinski definition) is 2. The minimum Gasteiger partial charge on any atom is -0.391 e. The molecule has 3 nitrogen and oxygen atoms in total. The number of rotatable bonds is 6. The summed E-state index contributed by atoms with van der Waals surface area (Å²) in [7, 11) is 0. The molecule has 1 aromatic rings. The van der Waals surface area contributed by atoms with Crippen LogP contribution in [0, 0.1) is 19.8 Å². The van der Waals surface area contributed by atoms with Gasteiger partial charge in [0.1, 0.15) is 0 Å². The van der Waals surface area contributed by atoms with E-state index in [1.807, 2.05) is 39.8 Å². The van der Waals surface area contributed by atoms with Crippen molar-refractivity contribution in [3.05, 3.63) is 41.0 Å². The average molecular weight is 275 g/mol. The van der Waals surface area contributed by atoms with Gasteiger partial charge in [0.05, 0.1) is 6.10 Å². The van der Waals surface area contributed by atoms with E-state index in [-0.39, 0.29) is 5.91 Å². The van der Waals surface area contributed by atoms with E-state index in [1.54, 1.807) is 6.08 Å². The number of aliphatic hydroxyl groups excluding tert-OH is 1. The molecule has 0 heterocycles. The van der Waals surface area contributed by atoms with Crippen LogP contribution < -0.4 is 5.32 Å². The van der Waals surface area contributed by atoms with Gasteiger partial charge in [-0.3, -0.25) is 4.79 Å². The third-order valence-electron chi connectivity index (χ3n) is 3.09. The molecule has 110 valence electrons. The Balaban J connectivity index is 2.47. The molecule has 0 aliphatic carbocycles.